The fourth-order valence-electron chi connectivity index (χ4n) is 2.69. The number of aromatic nitrogens is 2. The molecular weight excluding hydrogens is 259 g/mol. The number of halogens is 1. The Hall–Kier alpha value is -1.43. The molecule has 0 bridgehead atoms. The minimum atomic E-state index is -0.423. The van der Waals surface area contributed by atoms with Gasteiger partial charge in [-0.05, 0) is 18.3 Å². The second-order valence-electron chi connectivity index (χ2n) is 6.47. The van der Waals surface area contributed by atoms with Gasteiger partial charge < -0.3 is 14.9 Å². The third-order valence-electron chi connectivity index (χ3n) is 3.56. The third-order valence-corrected chi connectivity index (χ3v) is 3.56. The Labute approximate surface area is 119 Å². The third kappa shape index (κ3) is 3.36. The summed E-state index contributed by atoms with van der Waals surface area (Å²) in [6.45, 7) is 5.67. The highest BCUT2D eigenvalue weighted by molar-refractivity contribution is 5.44. The van der Waals surface area contributed by atoms with Crippen molar-refractivity contribution in [3.63, 3.8) is 0 Å². The van der Waals surface area contributed by atoms with E-state index in [2.05, 4.69) is 23.8 Å². The first-order chi connectivity index (χ1) is 9.28. The summed E-state index contributed by atoms with van der Waals surface area (Å²) in [7, 11) is 3.51. The van der Waals surface area contributed by atoms with E-state index in [4.69, 9.17) is 0 Å². The lowest BCUT2D eigenvalue weighted by atomic mass is 9.87. The van der Waals surface area contributed by atoms with Gasteiger partial charge in [-0.1, -0.05) is 13.8 Å². The minimum absolute atomic E-state index is 0.0219. The predicted molar refractivity (Wildman–Crippen MR) is 77.6 cm³/mol. The van der Waals surface area contributed by atoms with E-state index >= 15 is 0 Å². The Bertz CT molecular complexity index is 478. The second kappa shape index (κ2) is 5.52. The molecule has 6 heteroatoms. The van der Waals surface area contributed by atoms with Crippen LogP contribution in [0, 0.1) is 11.2 Å². The predicted octanol–water partition coefficient (Wildman–Crippen LogP) is 1.67. The number of rotatable bonds is 2. The van der Waals surface area contributed by atoms with Crippen LogP contribution in [-0.2, 0) is 0 Å². The summed E-state index contributed by atoms with van der Waals surface area (Å²) >= 11 is 0. The van der Waals surface area contributed by atoms with E-state index in [0.29, 0.717) is 18.9 Å². The molecule has 2 rings (SSSR count). The van der Waals surface area contributed by atoms with Gasteiger partial charge in [0.1, 0.15) is 0 Å². The van der Waals surface area contributed by atoms with Crippen molar-refractivity contribution in [2.45, 2.75) is 32.8 Å². The summed E-state index contributed by atoms with van der Waals surface area (Å²) in [5, 5.41) is 9.94. The monoisotopic (exact) mass is 282 g/mol. The molecule has 0 aliphatic carbocycles. The Kier molecular flexibility index (Phi) is 4.13. The first-order valence-electron chi connectivity index (χ1n) is 6.91. The van der Waals surface area contributed by atoms with Gasteiger partial charge in [0.15, 0.2) is 11.6 Å². The van der Waals surface area contributed by atoms with Gasteiger partial charge in [0, 0.05) is 27.2 Å². The van der Waals surface area contributed by atoms with Crippen LogP contribution < -0.4 is 9.80 Å². The smallest absolute Gasteiger partial charge is 0.227 e. The summed E-state index contributed by atoms with van der Waals surface area (Å²) in [6, 6.07) is 0. The lowest BCUT2D eigenvalue weighted by Gasteiger charge is -2.30. The first-order valence-corrected chi connectivity index (χ1v) is 6.91. The molecule has 0 radical (unpaired) electrons. The highest BCUT2D eigenvalue weighted by Crippen LogP contribution is 2.30. The van der Waals surface area contributed by atoms with E-state index in [1.54, 1.807) is 19.0 Å². The van der Waals surface area contributed by atoms with Gasteiger partial charge in [0.05, 0.1) is 12.3 Å². The van der Waals surface area contributed by atoms with Crippen molar-refractivity contribution < 1.29 is 9.50 Å². The molecule has 0 aromatic carbocycles. The lowest BCUT2D eigenvalue weighted by Crippen LogP contribution is -2.34. The fraction of sp³-hybridized carbons (Fsp3) is 0.714. The van der Waals surface area contributed by atoms with Gasteiger partial charge in [0.25, 0.3) is 0 Å². The molecule has 0 spiro atoms. The van der Waals surface area contributed by atoms with Crippen molar-refractivity contribution in [1.29, 1.82) is 0 Å². The van der Waals surface area contributed by atoms with Gasteiger partial charge in [-0.15, -0.1) is 0 Å². The van der Waals surface area contributed by atoms with E-state index in [0.717, 1.165) is 13.0 Å². The maximum atomic E-state index is 13.7. The fourth-order valence-corrected chi connectivity index (χ4v) is 2.69. The van der Waals surface area contributed by atoms with E-state index < -0.39 is 5.82 Å². The van der Waals surface area contributed by atoms with Crippen LogP contribution in [0.15, 0.2) is 6.20 Å². The summed E-state index contributed by atoms with van der Waals surface area (Å²) < 4.78 is 13.7. The zero-order valence-electron chi connectivity index (χ0n) is 12.6. The Morgan fingerprint density at radius 3 is 2.80 bits per heavy atom. The van der Waals surface area contributed by atoms with Crippen LogP contribution in [0.25, 0.3) is 0 Å². The van der Waals surface area contributed by atoms with Crippen LogP contribution in [0.4, 0.5) is 16.2 Å². The number of nitrogens with zero attached hydrogens (tertiary/aromatic N) is 4. The summed E-state index contributed by atoms with van der Waals surface area (Å²) in [5.41, 5.74) is -0.0219. The van der Waals surface area contributed by atoms with Gasteiger partial charge in [-0.25, -0.2) is 9.37 Å². The maximum Gasteiger partial charge on any atom is 0.227 e. The topological polar surface area (TPSA) is 52.5 Å². The maximum absolute atomic E-state index is 13.7. The van der Waals surface area contributed by atoms with Gasteiger partial charge in [-0.2, -0.15) is 4.98 Å². The second-order valence-corrected chi connectivity index (χ2v) is 6.47. The molecule has 0 amide bonds. The lowest BCUT2D eigenvalue weighted by molar-refractivity contribution is 0.123. The first kappa shape index (κ1) is 15.0. The Balaban J connectivity index is 2.28. The number of hydrogen-bond acceptors (Lipinski definition) is 5. The van der Waals surface area contributed by atoms with Gasteiger partial charge in [0.2, 0.25) is 5.95 Å². The van der Waals surface area contributed by atoms with Crippen LogP contribution in [0.3, 0.4) is 0 Å². The molecule has 20 heavy (non-hydrogen) atoms. The van der Waals surface area contributed by atoms with Gasteiger partial charge >= 0.3 is 0 Å². The molecule has 1 N–H and O–H groups in total. The van der Waals surface area contributed by atoms with Crippen LogP contribution in [-0.4, -0.2) is 48.4 Å². The normalized spacial score (nSPS) is 22.5. The van der Waals surface area contributed by atoms with Crippen molar-refractivity contribution >= 4 is 11.8 Å². The van der Waals surface area contributed by atoms with Crippen molar-refractivity contribution in [2.75, 3.05) is 37.0 Å². The zero-order valence-corrected chi connectivity index (χ0v) is 12.6. The molecule has 1 saturated heterocycles. The number of hydrogen-bond donors (Lipinski definition) is 1. The average Bonchev–Trinajstić information content (AvgIpc) is 2.47. The molecule has 1 aromatic rings. The van der Waals surface area contributed by atoms with E-state index in [1.165, 1.54) is 6.20 Å². The highest BCUT2D eigenvalue weighted by Gasteiger charge is 2.30. The number of aliphatic hydroxyl groups excluding tert-OH is 1. The van der Waals surface area contributed by atoms with Gasteiger partial charge in [-0.3, -0.25) is 0 Å². The highest BCUT2D eigenvalue weighted by atomic mass is 19.1. The molecule has 1 unspecified atom stereocenters. The molecule has 2 heterocycles. The van der Waals surface area contributed by atoms with Crippen LogP contribution in [0.1, 0.15) is 26.7 Å². The molecule has 112 valence electrons. The van der Waals surface area contributed by atoms with E-state index in [1.807, 2.05) is 4.90 Å². The molecule has 5 nitrogen and oxygen atoms in total. The molecule has 1 aliphatic rings. The molecular formula is C14H23FN4O. The summed E-state index contributed by atoms with van der Waals surface area (Å²) in [5.74, 6) is 0.391. The molecule has 1 aromatic heterocycles. The minimum Gasteiger partial charge on any atom is -0.393 e. The molecule has 0 saturated carbocycles. The van der Waals surface area contributed by atoms with Crippen molar-refractivity contribution in [3.8, 4) is 0 Å². The van der Waals surface area contributed by atoms with Crippen LogP contribution in [0.5, 0.6) is 0 Å². The van der Waals surface area contributed by atoms with Crippen molar-refractivity contribution in [1.82, 2.24) is 9.97 Å². The zero-order chi connectivity index (χ0) is 14.9. The number of anilines is 2. The van der Waals surface area contributed by atoms with E-state index in [-0.39, 0.29) is 17.3 Å². The quantitative estimate of drug-likeness (QED) is 0.894. The Morgan fingerprint density at radius 2 is 2.15 bits per heavy atom. The standard InChI is InChI=1S/C14H23FN4O/c1-14(2)7-10(20)5-6-19(9-14)13-16-8-11(15)12(17-13)18(3)4/h8,10,20H,5-7,9H2,1-4H3. The van der Waals surface area contributed by atoms with E-state index in [9.17, 15) is 9.50 Å². The summed E-state index contributed by atoms with van der Waals surface area (Å²) in [4.78, 5) is 12.1. The van der Waals surface area contributed by atoms with Crippen LogP contribution in [0.2, 0.25) is 0 Å². The molecule has 1 fully saturated rings. The van der Waals surface area contributed by atoms with Crippen molar-refractivity contribution in [2.24, 2.45) is 5.41 Å². The van der Waals surface area contributed by atoms with Crippen molar-refractivity contribution in [3.05, 3.63) is 12.0 Å². The summed E-state index contributed by atoms with van der Waals surface area (Å²) in [6.07, 6.45) is 2.35. The SMILES string of the molecule is CN(C)c1nc(N2CCC(O)CC(C)(C)C2)ncc1F. The Morgan fingerprint density at radius 1 is 1.45 bits per heavy atom. The van der Waals surface area contributed by atoms with Crippen LogP contribution >= 0.6 is 0 Å². The number of aliphatic hydroxyl groups is 1. The average molecular weight is 282 g/mol. The molecule has 1 aliphatic heterocycles. The molecule has 1 atom stereocenters. The largest absolute Gasteiger partial charge is 0.393 e.